The van der Waals surface area contributed by atoms with Crippen LogP contribution >= 0.6 is 11.8 Å². The number of nitrogens with two attached hydrogens (primary N) is 1. The first-order valence-electron chi connectivity index (χ1n) is 6.10. The number of rotatable bonds is 5. The van der Waals surface area contributed by atoms with Crippen LogP contribution in [0.1, 0.15) is 6.42 Å². The molecule has 1 aliphatic rings. The van der Waals surface area contributed by atoms with Crippen molar-refractivity contribution < 1.29 is 19.1 Å². The van der Waals surface area contributed by atoms with Crippen LogP contribution in [0.25, 0.3) is 0 Å². The molecule has 1 unspecified atom stereocenters. The number of ether oxygens (including phenoxy) is 2. The van der Waals surface area contributed by atoms with Crippen LogP contribution in [-0.2, 0) is 9.59 Å². The molecule has 7 nitrogen and oxygen atoms in total. The molecule has 0 saturated heterocycles. The highest BCUT2D eigenvalue weighted by Crippen LogP contribution is 2.30. The molecule has 1 atom stereocenters. The zero-order chi connectivity index (χ0) is 15.4. The molecule has 1 aromatic rings. The van der Waals surface area contributed by atoms with Gasteiger partial charge in [0.05, 0.1) is 19.9 Å². The Morgan fingerprint density at radius 3 is 2.76 bits per heavy atom. The van der Waals surface area contributed by atoms with Crippen molar-refractivity contribution in [2.24, 2.45) is 10.7 Å². The Bertz CT molecular complexity index is 603. The topological polar surface area (TPSA) is 103 Å². The number of carbonyl (C=O) groups is 2. The van der Waals surface area contributed by atoms with E-state index in [0.717, 1.165) is 11.8 Å². The van der Waals surface area contributed by atoms with E-state index in [9.17, 15) is 9.59 Å². The van der Waals surface area contributed by atoms with Crippen LogP contribution in [0.15, 0.2) is 23.2 Å². The fraction of sp³-hybridized carbons (Fsp3) is 0.308. The van der Waals surface area contributed by atoms with Crippen molar-refractivity contribution >= 4 is 34.4 Å². The summed E-state index contributed by atoms with van der Waals surface area (Å²) < 4.78 is 10.3. The van der Waals surface area contributed by atoms with E-state index in [4.69, 9.17) is 15.2 Å². The van der Waals surface area contributed by atoms with Crippen molar-refractivity contribution in [3.05, 3.63) is 18.2 Å². The standard InChI is InChI=1S/C13H15N3O4S/c1-19-7-3-4-9(20-2)8(5-7)15-11(17)6-10-12(18)16-13(14)21-10/h3-5,10H,6H2,1-2H3,(H,15,17)(H2,14,16,18). The Hall–Kier alpha value is -2.22. The molecular weight excluding hydrogens is 294 g/mol. The van der Waals surface area contributed by atoms with Gasteiger partial charge in [0.1, 0.15) is 16.7 Å². The van der Waals surface area contributed by atoms with Crippen LogP contribution in [0.5, 0.6) is 11.5 Å². The molecule has 8 heteroatoms. The van der Waals surface area contributed by atoms with Gasteiger partial charge in [0.25, 0.3) is 5.91 Å². The van der Waals surface area contributed by atoms with Gasteiger partial charge in [-0.3, -0.25) is 9.59 Å². The predicted molar refractivity (Wildman–Crippen MR) is 80.8 cm³/mol. The Labute approximate surface area is 125 Å². The van der Waals surface area contributed by atoms with Crippen molar-refractivity contribution in [1.29, 1.82) is 0 Å². The first-order valence-corrected chi connectivity index (χ1v) is 6.98. The lowest BCUT2D eigenvalue weighted by atomic mass is 10.2. The van der Waals surface area contributed by atoms with Crippen molar-refractivity contribution in [2.45, 2.75) is 11.7 Å². The lowest BCUT2D eigenvalue weighted by Gasteiger charge is -2.12. The SMILES string of the molecule is COc1ccc(OC)c(NC(=O)CC2SC(N)=NC2=O)c1. The number of anilines is 1. The average molecular weight is 309 g/mol. The number of carbonyl (C=O) groups excluding carboxylic acids is 2. The van der Waals surface area contributed by atoms with E-state index in [-0.39, 0.29) is 23.4 Å². The zero-order valence-corrected chi connectivity index (χ0v) is 12.4. The summed E-state index contributed by atoms with van der Waals surface area (Å²) >= 11 is 1.09. The molecule has 0 bridgehead atoms. The summed E-state index contributed by atoms with van der Waals surface area (Å²) in [7, 11) is 3.03. The number of amidine groups is 1. The summed E-state index contributed by atoms with van der Waals surface area (Å²) in [5.41, 5.74) is 5.93. The number of amides is 2. The number of aliphatic imine (C=N–C) groups is 1. The Kier molecular flexibility index (Phi) is 4.69. The van der Waals surface area contributed by atoms with Crippen molar-refractivity contribution in [1.82, 2.24) is 0 Å². The van der Waals surface area contributed by atoms with Crippen molar-refractivity contribution in [3.63, 3.8) is 0 Å². The first kappa shape index (κ1) is 15.2. The molecule has 0 radical (unpaired) electrons. The van der Waals surface area contributed by atoms with Gasteiger partial charge in [-0.05, 0) is 12.1 Å². The van der Waals surface area contributed by atoms with E-state index in [0.29, 0.717) is 17.2 Å². The predicted octanol–water partition coefficient (Wildman–Crippen LogP) is 0.989. The lowest BCUT2D eigenvalue weighted by molar-refractivity contribution is -0.121. The van der Waals surface area contributed by atoms with Gasteiger partial charge < -0.3 is 20.5 Å². The molecule has 0 saturated carbocycles. The molecule has 2 rings (SSSR count). The van der Waals surface area contributed by atoms with Gasteiger partial charge in [0.15, 0.2) is 5.17 Å². The van der Waals surface area contributed by atoms with Crippen LogP contribution in [0.3, 0.4) is 0 Å². The Morgan fingerprint density at radius 1 is 1.43 bits per heavy atom. The highest BCUT2D eigenvalue weighted by atomic mass is 32.2. The number of thioether (sulfide) groups is 1. The largest absolute Gasteiger partial charge is 0.497 e. The molecule has 2 amide bonds. The summed E-state index contributed by atoms with van der Waals surface area (Å²) in [6, 6.07) is 5.05. The number of benzene rings is 1. The second-order valence-electron chi connectivity index (χ2n) is 4.21. The van der Waals surface area contributed by atoms with E-state index in [1.54, 1.807) is 18.2 Å². The summed E-state index contributed by atoms with van der Waals surface area (Å²) in [5.74, 6) is 0.387. The van der Waals surface area contributed by atoms with E-state index < -0.39 is 5.25 Å². The molecule has 0 spiro atoms. The maximum Gasteiger partial charge on any atom is 0.262 e. The third-order valence-corrected chi connectivity index (χ3v) is 3.80. The van der Waals surface area contributed by atoms with Gasteiger partial charge in [-0.15, -0.1) is 0 Å². The summed E-state index contributed by atoms with van der Waals surface area (Å²) in [6.45, 7) is 0. The van der Waals surface area contributed by atoms with Crippen LogP contribution < -0.4 is 20.5 Å². The van der Waals surface area contributed by atoms with Gasteiger partial charge >= 0.3 is 0 Å². The maximum absolute atomic E-state index is 12.0. The van der Waals surface area contributed by atoms with E-state index in [1.807, 2.05) is 0 Å². The fourth-order valence-electron chi connectivity index (χ4n) is 1.81. The number of nitrogens with one attached hydrogen (secondary N) is 1. The summed E-state index contributed by atoms with van der Waals surface area (Å²) in [6.07, 6.45) is -0.00589. The van der Waals surface area contributed by atoms with Gasteiger partial charge in [-0.25, -0.2) is 0 Å². The summed E-state index contributed by atoms with van der Waals surface area (Å²) in [5, 5.41) is 2.32. The van der Waals surface area contributed by atoms with Gasteiger partial charge in [-0.1, -0.05) is 11.8 Å². The van der Waals surface area contributed by atoms with E-state index in [2.05, 4.69) is 10.3 Å². The molecule has 112 valence electrons. The van der Waals surface area contributed by atoms with Crippen LogP contribution in [0.2, 0.25) is 0 Å². The minimum Gasteiger partial charge on any atom is -0.497 e. The summed E-state index contributed by atoms with van der Waals surface area (Å²) in [4.78, 5) is 27.1. The zero-order valence-electron chi connectivity index (χ0n) is 11.6. The molecule has 0 aliphatic carbocycles. The number of hydrogen-bond acceptors (Lipinski definition) is 6. The van der Waals surface area contributed by atoms with E-state index in [1.165, 1.54) is 14.2 Å². The quantitative estimate of drug-likeness (QED) is 0.840. The monoisotopic (exact) mass is 309 g/mol. The third kappa shape index (κ3) is 3.66. The Morgan fingerprint density at radius 2 is 2.19 bits per heavy atom. The number of nitrogens with zero attached hydrogens (tertiary/aromatic N) is 1. The molecule has 0 aromatic heterocycles. The maximum atomic E-state index is 12.0. The molecule has 1 aromatic carbocycles. The van der Waals surface area contributed by atoms with Crippen molar-refractivity contribution in [2.75, 3.05) is 19.5 Å². The second kappa shape index (κ2) is 6.49. The normalized spacial score (nSPS) is 17.3. The highest BCUT2D eigenvalue weighted by Gasteiger charge is 2.29. The van der Waals surface area contributed by atoms with E-state index >= 15 is 0 Å². The molecule has 1 aliphatic heterocycles. The van der Waals surface area contributed by atoms with Crippen LogP contribution in [0, 0.1) is 0 Å². The fourth-order valence-corrected chi connectivity index (χ4v) is 2.64. The Balaban J connectivity index is 2.04. The number of methoxy groups -OCH3 is 2. The smallest absolute Gasteiger partial charge is 0.262 e. The first-order chi connectivity index (χ1) is 10.0. The molecule has 21 heavy (non-hydrogen) atoms. The third-order valence-electron chi connectivity index (χ3n) is 2.81. The molecular formula is C13H15N3O4S. The van der Waals surface area contributed by atoms with Gasteiger partial charge in [0, 0.05) is 12.5 Å². The molecule has 3 N–H and O–H groups in total. The number of hydrogen-bond donors (Lipinski definition) is 2. The molecule has 1 heterocycles. The minimum atomic E-state index is -0.568. The lowest BCUT2D eigenvalue weighted by Crippen LogP contribution is -2.21. The molecule has 0 fully saturated rings. The second-order valence-corrected chi connectivity index (χ2v) is 5.44. The van der Waals surface area contributed by atoms with Crippen LogP contribution in [-0.4, -0.2) is 36.5 Å². The highest BCUT2D eigenvalue weighted by molar-refractivity contribution is 8.15. The van der Waals surface area contributed by atoms with Gasteiger partial charge in [-0.2, -0.15) is 4.99 Å². The van der Waals surface area contributed by atoms with Gasteiger partial charge in [0.2, 0.25) is 5.91 Å². The average Bonchev–Trinajstić information content (AvgIpc) is 2.76. The minimum absolute atomic E-state index is 0.00589. The van der Waals surface area contributed by atoms with Crippen molar-refractivity contribution in [3.8, 4) is 11.5 Å². The van der Waals surface area contributed by atoms with Crippen LogP contribution in [0.4, 0.5) is 5.69 Å².